The normalized spacial score (nSPS) is 20.8. The van der Waals surface area contributed by atoms with Gasteiger partial charge in [-0.15, -0.1) is 0 Å². The summed E-state index contributed by atoms with van der Waals surface area (Å²) in [6.07, 6.45) is 4.33. The molecule has 166 valence electrons. The zero-order valence-corrected chi connectivity index (χ0v) is 19.5. The van der Waals surface area contributed by atoms with Crippen LogP contribution >= 0.6 is 23.8 Å². The van der Waals surface area contributed by atoms with Crippen molar-refractivity contribution in [2.24, 2.45) is 5.92 Å². The Kier molecular flexibility index (Phi) is 7.25. The molecule has 2 saturated heterocycles. The third kappa shape index (κ3) is 5.64. The molecule has 4 rings (SSSR count). The number of nitrogens with one attached hydrogen (secondary N) is 2. The number of thiocarbonyl (C=S) groups is 1. The van der Waals surface area contributed by atoms with Crippen molar-refractivity contribution in [1.82, 2.24) is 15.3 Å². The Labute approximate surface area is 194 Å². The molecule has 2 fully saturated rings. The van der Waals surface area contributed by atoms with Crippen molar-refractivity contribution in [2.45, 2.75) is 38.0 Å². The highest BCUT2D eigenvalue weighted by Gasteiger charge is 2.34. The number of hydrogen-bond acceptors (Lipinski definition) is 5. The molecule has 31 heavy (non-hydrogen) atoms. The van der Waals surface area contributed by atoms with Crippen LogP contribution in [0.4, 0.5) is 11.8 Å². The molecule has 1 aromatic carbocycles. The van der Waals surface area contributed by atoms with Crippen molar-refractivity contribution in [3.63, 3.8) is 0 Å². The molecule has 0 saturated carbocycles. The van der Waals surface area contributed by atoms with Crippen LogP contribution in [0.5, 0.6) is 0 Å². The SMILES string of the molecule is CC1CCCN(c2cc(Cl)nc(NC(=S)NCC3(c4ccccc4)CCOCC3)n2)C1. The van der Waals surface area contributed by atoms with Crippen molar-refractivity contribution in [1.29, 1.82) is 0 Å². The van der Waals surface area contributed by atoms with E-state index in [9.17, 15) is 0 Å². The number of nitrogens with zero attached hydrogens (tertiary/aromatic N) is 3. The average molecular weight is 460 g/mol. The minimum Gasteiger partial charge on any atom is -0.381 e. The number of anilines is 2. The summed E-state index contributed by atoms with van der Waals surface area (Å²) in [5.41, 5.74) is 1.31. The van der Waals surface area contributed by atoms with Gasteiger partial charge in [0, 0.05) is 44.3 Å². The van der Waals surface area contributed by atoms with E-state index in [0.717, 1.165) is 57.9 Å². The van der Waals surface area contributed by atoms with Gasteiger partial charge in [0.1, 0.15) is 11.0 Å². The molecular weight excluding hydrogens is 430 g/mol. The summed E-state index contributed by atoms with van der Waals surface area (Å²) in [5, 5.41) is 7.45. The van der Waals surface area contributed by atoms with Crippen LogP contribution in [0, 0.1) is 5.92 Å². The van der Waals surface area contributed by atoms with Gasteiger partial charge < -0.3 is 20.3 Å². The van der Waals surface area contributed by atoms with Gasteiger partial charge in [-0.25, -0.2) is 4.98 Å². The van der Waals surface area contributed by atoms with Crippen LogP contribution in [-0.4, -0.2) is 47.9 Å². The van der Waals surface area contributed by atoms with Crippen molar-refractivity contribution in [2.75, 3.05) is 43.1 Å². The van der Waals surface area contributed by atoms with E-state index in [4.69, 9.17) is 28.6 Å². The maximum absolute atomic E-state index is 6.29. The lowest BCUT2D eigenvalue weighted by Crippen LogP contribution is -2.45. The number of benzene rings is 1. The van der Waals surface area contributed by atoms with Gasteiger partial charge in [0.15, 0.2) is 5.11 Å². The molecule has 0 aliphatic carbocycles. The second-order valence-electron chi connectivity index (χ2n) is 8.63. The van der Waals surface area contributed by atoms with Crippen LogP contribution < -0.4 is 15.5 Å². The second-order valence-corrected chi connectivity index (χ2v) is 9.43. The fraction of sp³-hybridized carbons (Fsp3) is 0.522. The summed E-state index contributed by atoms with van der Waals surface area (Å²) in [4.78, 5) is 11.3. The first-order valence-corrected chi connectivity index (χ1v) is 11.8. The zero-order chi connectivity index (χ0) is 21.7. The number of piperidine rings is 1. The maximum Gasteiger partial charge on any atom is 0.232 e. The van der Waals surface area contributed by atoms with Gasteiger partial charge in [0.2, 0.25) is 5.95 Å². The number of aromatic nitrogens is 2. The van der Waals surface area contributed by atoms with Gasteiger partial charge in [-0.1, -0.05) is 48.9 Å². The summed E-state index contributed by atoms with van der Waals surface area (Å²) >= 11 is 11.9. The average Bonchev–Trinajstić information content (AvgIpc) is 2.79. The minimum absolute atomic E-state index is 0.00442. The van der Waals surface area contributed by atoms with Gasteiger partial charge in [-0.2, -0.15) is 4.98 Å². The lowest BCUT2D eigenvalue weighted by molar-refractivity contribution is 0.0515. The molecule has 1 aromatic heterocycles. The monoisotopic (exact) mass is 459 g/mol. The summed E-state index contributed by atoms with van der Waals surface area (Å²) in [6.45, 7) is 6.48. The van der Waals surface area contributed by atoms with E-state index < -0.39 is 0 Å². The molecule has 2 aromatic rings. The molecule has 0 amide bonds. The standard InChI is InChI=1S/C23H30ClN5OS/c1-17-6-5-11-29(15-17)20-14-19(24)26-21(27-20)28-22(31)25-16-23(9-12-30-13-10-23)18-7-3-2-4-8-18/h2-4,7-8,14,17H,5-6,9-13,15-16H2,1H3,(H2,25,26,27,28,31). The topological polar surface area (TPSA) is 62.3 Å². The Hall–Kier alpha value is -1.96. The Balaban J connectivity index is 1.42. The Morgan fingerprint density at radius 2 is 2.03 bits per heavy atom. The largest absolute Gasteiger partial charge is 0.381 e. The van der Waals surface area contributed by atoms with Crippen molar-refractivity contribution < 1.29 is 4.74 Å². The van der Waals surface area contributed by atoms with Crippen LogP contribution in [0.3, 0.4) is 0 Å². The van der Waals surface area contributed by atoms with E-state index in [2.05, 4.69) is 56.7 Å². The number of halogens is 1. The van der Waals surface area contributed by atoms with E-state index in [1.54, 1.807) is 0 Å². The van der Waals surface area contributed by atoms with Crippen LogP contribution in [0.25, 0.3) is 0 Å². The van der Waals surface area contributed by atoms with Crippen LogP contribution in [0.1, 0.15) is 38.2 Å². The number of hydrogen-bond donors (Lipinski definition) is 2. The predicted molar refractivity (Wildman–Crippen MR) is 130 cm³/mol. The highest BCUT2D eigenvalue weighted by molar-refractivity contribution is 7.80. The molecule has 0 spiro atoms. The van der Waals surface area contributed by atoms with E-state index in [1.165, 1.54) is 12.0 Å². The Morgan fingerprint density at radius 1 is 1.26 bits per heavy atom. The smallest absolute Gasteiger partial charge is 0.232 e. The molecule has 1 atom stereocenters. The summed E-state index contributed by atoms with van der Waals surface area (Å²) < 4.78 is 5.62. The highest BCUT2D eigenvalue weighted by Crippen LogP contribution is 2.34. The molecule has 0 radical (unpaired) electrons. The second kappa shape index (κ2) is 10.1. The van der Waals surface area contributed by atoms with E-state index in [-0.39, 0.29) is 5.41 Å². The molecule has 2 aliphatic rings. The predicted octanol–water partition coefficient (Wildman–Crippen LogP) is 4.40. The lowest BCUT2D eigenvalue weighted by atomic mass is 9.74. The van der Waals surface area contributed by atoms with E-state index in [1.807, 2.05) is 12.1 Å². The first kappa shape index (κ1) is 22.2. The molecular formula is C23H30ClN5OS. The van der Waals surface area contributed by atoms with Gasteiger partial charge in [0.25, 0.3) is 0 Å². The third-order valence-electron chi connectivity index (χ3n) is 6.31. The van der Waals surface area contributed by atoms with Gasteiger partial charge >= 0.3 is 0 Å². The zero-order valence-electron chi connectivity index (χ0n) is 17.9. The molecule has 2 aliphatic heterocycles. The summed E-state index contributed by atoms with van der Waals surface area (Å²) in [5.74, 6) is 1.93. The summed E-state index contributed by atoms with van der Waals surface area (Å²) in [7, 11) is 0. The Morgan fingerprint density at radius 3 is 2.77 bits per heavy atom. The maximum atomic E-state index is 6.29. The van der Waals surface area contributed by atoms with Gasteiger partial charge in [-0.3, -0.25) is 0 Å². The number of ether oxygens (including phenoxy) is 1. The molecule has 3 heterocycles. The molecule has 8 heteroatoms. The first-order chi connectivity index (χ1) is 15.0. The fourth-order valence-electron chi connectivity index (χ4n) is 4.54. The van der Waals surface area contributed by atoms with Crippen LogP contribution in [0.15, 0.2) is 36.4 Å². The first-order valence-electron chi connectivity index (χ1n) is 11.0. The molecule has 2 N–H and O–H groups in total. The van der Waals surface area contributed by atoms with Crippen LogP contribution in [0.2, 0.25) is 5.15 Å². The third-order valence-corrected chi connectivity index (χ3v) is 6.75. The van der Waals surface area contributed by atoms with E-state index in [0.29, 0.717) is 22.1 Å². The minimum atomic E-state index is -0.00442. The van der Waals surface area contributed by atoms with Crippen molar-refractivity contribution >= 4 is 40.7 Å². The fourth-order valence-corrected chi connectivity index (χ4v) is 4.88. The highest BCUT2D eigenvalue weighted by atomic mass is 35.5. The van der Waals surface area contributed by atoms with Gasteiger partial charge in [-0.05, 0) is 49.4 Å². The molecule has 0 bridgehead atoms. The van der Waals surface area contributed by atoms with Crippen molar-refractivity contribution in [3.05, 3.63) is 47.1 Å². The quantitative estimate of drug-likeness (QED) is 0.507. The Bertz CT molecular complexity index is 891. The molecule has 6 nitrogen and oxygen atoms in total. The lowest BCUT2D eigenvalue weighted by Gasteiger charge is -2.38. The van der Waals surface area contributed by atoms with E-state index >= 15 is 0 Å². The van der Waals surface area contributed by atoms with Crippen LogP contribution in [-0.2, 0) is 10.2 Å². The van der Waals surface area contributed by atoms with Gasteiger partial charge in [0.05, 0.1) is 0 Å². The summed E-state index contributed by atoms with van der Waals surface area (Å²) in [6, 6.07) is 12.4. The van der Waals surface area contributed by atoms with Crippen molar-refractivity contribution in [3.8, 4) is 0 Å². The molecule has 1 unspecified atom stereocenters. The number of rotatable bonds is 5.